The van der Waals surface area contributed by atoms with Crippen molar-refractivity contribution in [3.05, 3.63) is 70.7 Å². The first kappa shape index (κ1) is 27.7. The van der Waals surface area contributed by atoms with Gasteiger partial charge >= 0.3 is 0 Å². The molecular formula is C31H35N3O5S. The Balaban J connectivity index is 1.44. The lowest BCUT2D eigenvalue weighted by atomic mass is 10.1. The number of amides is 1. The third-order valence-electron chi connectivity index (χ3n) is 7.30. The number of carbonyl (C=O) groups excluding carboxylic acids is 1. The summed E-state index contributed by atoms with van der Waals surface area (Å²) in [5.74, 6) is 2.11. The van der Waals surface area contributed by atoms with Crippen molar-refractivity contribution in [1.82, 2.24) is 14.9 Å². The third kappa shape index (κ3) is 6.00. The Kier molecular flexibility index (Phi) is 8.72. The van der Waals surface area contributed by atoms with Crippen LogP contribution >= 0.6 is 11.3 Å². The van der Waals surface area contributed by atoms with Gasteiger partial charge in [-0.3, -0.25) is 4.79 Å². The molecule has 1 N–H and O–H groups in total. The maximum Gasteiger partial charge on any atom is 0.253 e. The molecule has 3 heterocycles. The first-order valence-electron chi connectivity index (χ1n) is 13.4. The van der Waals surface area contributed by atoms with E-state index in [1.165, 1.54) is 0 Å². The van der Waals surface area contributed by atoms with Crippen molar-refractivity contribution < 1.29 is 23.7 Å². The number of ether oxygens (including phenoxy) is 4. The molecule has 0 radical (unpaired) electrons. The number of aryl methyl sites for hydroxylation is 1. The molecule has 1 saturated heterocycles. The van der Waals surface area contributed by atoms with Gasteiger partial charge in [0.1, 0.15) is 10.8 Å². The van der Waals surface area contributed by atoms with Gasteiger partial charge in [0, 0.05) is 36.3 Å². The minimum atomic E-state index is -0.0928. The lowest BCUT2D eigenvalue weighted by Gasteiger charge is -2.13. The number of rotatable bonds is 11. The Morgan fingerprint density at radius 2 is 1.88 bits per heavy atom. The SMILES string of the molecule is COc1ccc(-c2nc(-c3cc(C(=O)NCC4CCCO4)c(C)n3CCc3ccc(OC)c(OC)c3)cs2)cc1. The van der Waals surface area contributed by atoms with Gasteiger partial charge in [-0.05, 0) is 74.2 Å². The van der Waals surface area contributed by atoms with Crippen LogP contribution in [0.15, 0.2) is 53.9 Å². The van der Waals surface area contributed by atoms with Crippen LogP contribution in [-0.2, 0) is 17.7 Å². The van der Waals surface area contributed by atoms with Gasteiger partial charge < -0.3 is 28.8 Å². The highest BCUT2D eigenvalue weighted by Crippen LogP contribution is 2.33. The van der Waals surface area contributed by atoms with Crippen LogP contribution in [0.25, 0.3) is 22.0 Å². The molecule has 4 aromatic rings. The second-order valence-electron chi connectivity index (χ2n) is 9.73. The number of thiazole rings is 1. The minimum Gasteiger partial charge on any atom is -0.497 e. The second kappa shape index (κ2) is 12.6. The number of carbonyl (C=O) groups is 1. The molecule has 1 aliphatic rings. The molecule has 2 aromatic carbocycles. The van der Waals surface area contributed by atoms with E-state index < -0.39 is 0 Å². The van der Waals surface area contributed by atoms with Gasteiger partial charge in [-0.1, -0.05) is 6.07 Å². The molecule has 1 aliphatic heterocycles. The Morgan fingerprint density at radius 1 is 1.07 bits per heavy atom. The number of nitrogens with one attached hydrogen (secondary N) is 1. The number of hydrogen-bond donors (Lipinski definition) is 1. The molecule has 210 valence electrons. The van der Waals surface area contributed by atoms with Crippen molar-refractivity contribution in [3.8, 4) is 39.2 Å². The number of hydrogen-bond acceptors (Lipinski definition) is 7. The molecule has 8 nitrogen and oxygen atoms in total. The van der Waals surface area contributed by atoms with E-state index in [-0.39, 0.29) is 12.0 Å². The lowest BCUT2D eigenvalue weighted by Crippen LogP contribution is -2.32. The number of nitrogens with zero attached hydrogens (tertiary/aromatic N) is 2. The predicted molar refractivity (Wildman–Crippen MR) is 157 cm³/mol. The van der Waals surface area contributed by atoms with Gasteiger partial charge in [0.05, 0.1) is 44.4 Å². The molecule has 40 heavy (non-hydrogen) atoms. The zero-order valence-electron chi connectivity index (χ0n) is 23.4. The van der Waals surface area contributed by atoms with E-state index in [2.05, 4.69) is 15.3 Å². The van der Waals surface area contributed by atoms with Gasteiger partial charge in [-0.2, -0.15) is 0 Å². The normalized spacial score (nSPS) is 14.8. The number of aromatic nitrogens is 2. The zero-order chi connectivity index (χ0) is 28.1. The summed E-state index contributed by atoms with van der Waals surface area (Å²) in [6.45, 7) is 3.94. The molecule has 0 aliphatic carbocycles. The van der Waals surface area contributed by atoms with Crippen LogP contribution in [0.4, 0.5) is 0 Å². The molecule has 1 unspecified atom stereocenters. The summed E-state index contributed by atoms with van der Waals surface area (Å²) in [6.07, 6.45) is 2.84. The van der Waals surface area contributed by atoms with Crippen LogP contribution in [-0.4, -0.2) is 56.0 Å². The molecule has 0 bridgehead atoms. The van der Waals surface area contributed by atoms with Crippen molar-refractivity contribution in [3.63, 3.8) is 0 Å². The van der Waals surface area contributed by atoms with E-state index in [9.17, 15) is 4.79 Å². The smallest absolute Gasteiger partial charge is 0.253 e. The summed E-state index contributed by atoms with van der Waals surface area (Å²) in [7, 11) is 4.93. The van der Waals surface area contributed by atoms with Crippen molar-refractivity contribution >= 4 is 17.2 Å². The van der Waals surface area contributed by atoms with Gasteiger partial charge in [0.15, 0.2) is 11.5 Å². The van der Waals surface area contributed by atoms with Crippen molar-refractivity contribution in [2.24, 2.45) is 0 Å². The quantitative estimate of drug-likeness (QED) is 0.251. The van der Waals surface area contributed by atoms with Gasteiger partial charge in [0.2, 0.25) is 0 Å². The fourth-order valence-electron chi connectivity index (χ4n) is 5.02. The Morgan fingerprint density at radius 3 is 2.58 bits per heavy atom. The maximum absolute atomic E-state index is 13.3. The topological polar surface area (TPSA) is 83.8 Å². The van der Waals surface area contributed by atoms with E-state index in [4.69, 9.17) is 23.9 Å². The maximum atomic E-state index is 13.3. The minimum absolute atomic E-state index is 0.0847. The highest BCUT2D eigenvalue weighted by molar-refractivity contribution is 7.13. The number of benzene rings is 2. The third-order valence-corrected chi connectivity index (χ3v) is 8.19. The van der Waals surface area contributed by atoms with Gasteiger partial charge in [0.25, 0.3) is 5.91 Å². The standard InChI is InChI=1S/C31H35N3O5S/c1-20-25(30(35)32-18-24-6-5-15-39-24)17-27(26-19-40-31(33-26)22-8-10-23(36-2)11-9-22)34(20)14-13-21-7-12-28(37-3)29(16-21)38-4/h7-12,16-17,19,24H,5-6,13-15,18H2,1-4H3,(H,32,35). The van der Waals surface area contributed by atoms with Crippen molar-refractivity contribution in [1.29, 1.82) is 0 Å². The molecule has 0 saturated carbocycles. The van der Waals surface area contributed by atoms with Crippen LogP contribution in [0.5, 0.6) is 17.2 Å². The van der Waals surface area contributed by atoms with Crippen LogP contribution < -0.4 is 19.5 Å². The van der Waals surface area contributed by atoms with E-state index in [0.717, 1.165) is 64.8 Å². The van der Waals surface area contributed by atoms with E-state index >= 15 is 0 Å². The van der Waals surface area contributed by atoms with E-state index in [1.807, 2.05) is 55.5 Å². The van der Waals surface area contributed by atoms with Gasteiger partial charge in [-0.15, -0.1) is 11.3 Å². The largest absolute Gasteiger partial charge is 0.497 e. The molecule has 2 aromatic heterocycles. The first-order chi connectivity index (χ1) is 19.5. The van der Waals surface area contributed by atoms with Crippen molar-refractivity contribution in [2.75, 3.05) is 34.5 Å². The van der Waals surface area contributed by atoms with Gasteiger partial charge in [-0.25, -0.2) is 4.98 Å². The highest BCUT2D eigenvalue weighted by Gasteiger charge is 2.22. The fourth-order valence-corrected chi connectivity index (χ4v) is 5.84. The molecule has 0 spiro atoms. The average Bonchev–Trinajstić information content (AvgIpc) is 3.75. The second-order valence-corrected chi connectivity index (χ2v) is 10.6. The molecule has 1 amide bonds. The summed E-state index contributed by atoms with van der Waals surface area (Å²) < 4.78 is 24.1. The summed E-state index contributed by atoms with van der Waals surface area (Å²) in [6, 6.07) is 15.8. The zero-order valence-corrected chi connectivity index (χ0v) is 24.2. The first-order valence-corrected chi connectivity index (χ1v) is 14.3. The summed E-state index contributed by atoms with van der Waals surface area (Å²) in [5.41, 5.74) is 5.43. The Labute approximate surface area is 238 Å². The molecule has 5 rings (SSSR count). The summed E-state index contributed by atoms with van der Waals surface area (Å²) in [5, 5.41) is 6.04. The summed E-state index contributed by atoms with van der Waals surface area (Å²) in [4.78, 5) is 18.3. The molecule has 1 atom stereocenters. The highest BCUT2D eigenvalue weighted by atomic mass is 32.1. The number of methoxy groups -OCH3 is 3. The van der Waals surface area contributed by atoms with Crippen LogP contribution in [0, 0.1) is 6.92 Å². The van der Waals surface area contributed by atoms with E-state index in [0.29, 0.717) is 30.2 Å². The fraction of sp³-hybridized carbons (Fsp3) is 0.355. The Hall–Kier alpha value is -3.82. The van der Waals surface area contributed by atoms with Crippen molar-refractivity contribution in [2.45, 2.75) is 38.8 Å². The average molecular weight is 562 g/mol. The molecule has 9 heteroatoms. The predicted octanol–water partition coefficient (Wildman–Crippen LogP) is 5.76. The lowest BCUT2D eigenvalue weighted by molar-refractivity contribution is 0.0857. The van der Waals surface area contributed by atoms with Crippen LogP contribution in [0.3, 0.4) is 0 Å². The van der Waals surface area contributed by atoms with Crippen LogP contribution in [0.2, 0.25) is 0 Å². The Bertz CT molecular complexity index is 1450. The molecule has 1 fully saturated rings. The summed E-state index contributed by atoms with van der Waals surface area (Å²) >= 11 is 1.58. The van der Waals surface area contributed by atoms with E-state index in [1.54, 1.807) is 32.7 Å². The monoisotopic (exact) mass is 561 g/mol. The van der Waals surface area contributed by atoms with Crippen LogP contribution in [0.1, 0.15) is 34.5 Å². The molecular weight excluding hydrogens is 526 g/mol.